The molecule has 28 heavy (non-hydrogen) atoms. The molecule has 1 aromatic heterocycles. The minimum absolute atomic E-state index is 0.255. The molecule has 0 saturated heterocycles. The SMILES string of the molecule is CCOc1ccc(/C=N\NC(=O)c2ccc(CSc3nncn3C)cc2)cc1. The summed E-state index contributed by atoms with van der Waals surface area (Å²) in [6.45, 7) is 2.56. The number of carbonyl (C=O) groups excluding carboxylic acids is 1. The van der Waals surface area contributed by atoms with Gasteiger partial charge in [-0.25, -0.2) is 5.43 Å². The number of rotatable bonds is 8. The van der Waals surface area contributed by atoms with E-state index in [9.17, 15) is 4.79 Å². The second-order valence-corrected chi connectivity index (χ2v) is 6.85. The summed E-state index contributed by atoms with van der Waals surface area (Å²) in [7, 11) is 1.91. The first-order valence-corrected chi connectivity index (χ1v) is 9.76. The fraction of sp³-hybridized carbons (Fsp3) is 0.200. The molecule has 0 fully saturated rings. The minimum Gasteiger partial charge on any atom is -0.494 e. The molecule has 0 saturated carbocycles. The van der Waals surface area contributed by atoms with Crippen LogP contribution >= 0.6 is 11.8 Å². The molecule has 0 bridgehead atoms. The molecule has 3 aromatic rings. The summed E-state index contributed by atoms with van der Waals surface area (Å²) in [5.41, 5.74) is 5.07. The van der Waals surface area contributed by atoms with Crippen molar-refractivity contribution in [2.24, 2.45) is 12.1 Å². The molecule has 1 heterocycles. The van der Waals surface area contributed by atoms with Crippen LogP contribution in [0.1, 0.15) is 28.4 Å². The number of hydrogen-bond acceptors (Lipinski definition) is 6. The zero-order valence-electron chi connectivity index (χ0n) is 15.7. The van der Waals surface area contributed by atoms with Crippen LogP contribution in [-0.4, -0.2) is 33.5 Å². The Hall–Kier alpha value is -3.13. The number of hydrogen-bond donors (Lipinski definition) is 1. The molecule has 1 amide bonds. The van der Waals surface area contributed by atoms with E-state index in [1.807, 2.05) is 54.9 Å². The Morgan fingerprint density at radius 1 is 1.21 bits per heavy atom. The maximum atomic E-state index is 12.2. The molecule has 1 N–H and O–H groups in total. The van der Waals surface area contributed by atoms with Gasteiger partial charge in [0.05, 0.1) is 12.8 Å². The van der Waals surface area contributed by atoms with Gasteiger partial charge in [0, 0.05) is 18.4 Å². The monoisotopic (exact) mass is 395 g/mol. The second-order valence-electron chi connectivity index (χ2n) is 5.91. The molecule has 0 radical (unpaired) electrons. The molecule has 0 aliphatic carbocycles. The van der Waals surface area contributed by atoms with Crippen LogP contribution in [0.25, 0.3) is 0 Å². The molecule has 0 aliphatic heterocycles. The number of aromatic nitrogens is 3. The van der Waals surface area contributed by atoms with E-state index in [2.05, 4.69) is 20.7 Å². The lowest BCUT2D eigenvalue weighted by Gasteiger charge is -2.04. The van der Waals surface area contributed by atoms with Gasteiger partial charge in [0.2, 0.25) is 0 Å². The standard InChI is InChI=1S/C20H21N5O2S/c1-3-27-18-10-6-15(7-11-18)12-21-23-19(26)17-8-4-16(5-9-17)13-28-20-24-22-14-25(20)2/h4-12,14H,3,13H2,1-2H3,(H,23,26)/b21-12-. The van der Waals surface area contributed by atoms with Gasteiger partial charge < -0.3 is 9.30 Å². The number of ether oxygens (including phenoxy) is 1. The van der Waals surface area contributed by atoms with Gasteiger partial charge in [-0.05, 0) is 54.4 Å². The average molecular weight is 395 g/mol. The van der Waals surface area contributed by atoms with Crippen LogP contribution in [-0.2, 0) is 12.8 Å². The van der Waals surface area contributed by atoms with E-state index in [4.69, 9.17) is 4.74 Å². The van der Waals surface area contributed by atoms with Crippen molar-refractivity contribution in [3.63, 3.8) is 0 Å². The fourth-order valence-corrected chi connectivity index (χ4v) is 3.19. The van der Waals surface area contributed by atoms with E-state index in [1.54, 1.807) is 36.4 Å². The van der Waals surface area contributed by atoms with Crippen LogP contribution in [0.3, 0.4) is 0 Å². The third-order valence-corrected chi connectivity index (χ3v) is 4.93. The third-order valence-electron chi connectivity index (χ3n) is 3.82. The largest absolute Gasteiger partial charge is 0.494 e. The Bertz CT molecular complexity index is 936. The molecule has 0 atom stereocenters. The summed E-state index contributed by atoms with van der Waals surface area (Å²) in [4.78, 5) is 12.2. The molecular formula is C20H21N5O2S. The van der Waals surface area contributed by atoms with Crippen LogP contribution in [0.2, 0.25) is 0 Å². The molecule has 0 spiro atoms. The van der Waals surface area contributed by atoms with E-state index in [0.29, 0.717) is 12.2 Å². The zero-order valence-corrected chi connectivity index (χ0v) is 16.5. The summed E-state index contributed by atoms with van der Waals surface area (Å²) in [5.74, 6) is 1.31. The van der Waals surface area contributed by atoms with Gasteiger partial charge in [-0.3, -0.25) is 4.79 Å². The number of hydrazone groups is 1. The maximum Gasteiger partial charge on any atom is 0.271 e. The number of amides is 1. The quantitative estimate of drug-likeness (QED) is 0.360. The van der Waals surface area contributed by atoms with E-state index in [1.165, 1.54) is 0 Å². The fourth-order valence-electron chi connectivity index (χ4n) is 2.35. The van der Waals surface area contributed by atoms with Crippen molar-refractivity contribution in [2.45, 2.75) is 17.8 Å². The maximum absolute atomic E-state index is 12.2. The molecule has 0 unspecified atom stereocenters. The Kier molecular flexibility index (Phi) is 6.80. The van der Waals surface area contributed by atoms with Crippen molar-refractivity contribution < 1.29 is 9.53 Å². The van der Waals surface area contributed by atoms with E-state index < -0.39 is 0 Å². The van der Waals surface area contributed by atoms with Gasteiger partial charge in [-0.15, -0.1) is 10.2 Å². The lowest BCUT2D eigenvalue weighted by Crippen LogP contribution is -2.17. The van der Waals surface area contributed by atoms with Crippen LogP contribution in [0.5, 0.6) is 5.75 Å². The Morgan fingerprint density at radius 3 is 2.61 bits per heavy atom. The summed E-state index contributed by atoms with van der Waals surface area (Å²) < 4.78 is 7.26. The average Bonchev–Trinajstić information content (AvgIpc) is 3.13. The smallest absolute Gasteiger partial charge is 0.271 e. The van der Waals surface area contributed by atoms with Crippen LogP contribution in [0.15, 0.2) is 65.1 Å². The van der Waals surface area contributed by atoms with Crippen LogP contribution < -0.4 is 10.2 Å². The molecule has 144 valence electrons. The Morgan fingerprint density at radius 2 is 1.96 bits per heavy atom. The Labute approximate surface area is 167 Å². The van der Waals surface area contributed by atoms with Crippen LogP contribution in [0.4, 0.5) is 0 Å². The number of nitrogens with zero attached hydrogens (tertiary/aromatic N) is 4. The van der Waals surface area contributed by atoms with Crippen molar-refractivity contribution in [3.8, 4) is 5.75 Å². The molecular weight excluding hydrogens is 374 g/mol. The van der Waals surface area contributed by atoms with Crippen molar-refractivity contribution in [2.75, 3.05) is 6.61 Å². The summed E-state index contributed by atoms with van der Waals surface area (Å²) in [6, 6.07) is 14.9. The predicted molar refractivity (Wildman–Crippen MR) is 110 cm³/mol. The first-order chi connectivity index (χ1) is 13.7. The number of carbonyl (C=O) groups is 1. The summed E-state index contributed by atoms with van der Waals surface area (Å²) in [6.07, 6.45) is 3.27. The first kappa shape index (κ1) is 19.6. The van der Waals surface area contributed by atoms with Crippen LogP contribution in [0, 0.1) is 0 Å². The summed E-state index contributed by atoms with van der Waals surface area (Å²) >= 11 is 1.59. The number of aryl methyl sites for hydroxylation is 1. The second kappa shape index (κ2) is 9.70. The third kappa shape index (κ3) is 5.43. The highest BCUT2D eigenvalue weighted by Gasteiger charge is 2.06. The van der Waals surface area contributed by atoms with Crippen molar-refractivity contribution in [1.82, 2.24) is 20.2 Å². The molecule has 0 aliphatic rings. The van der Waals surface area contributed by atoms with E-state index in [-0.39, 0.29) is 5.91 Å². The topological polar surface area (TPSA) is 81.4 Å². The van der Waals surface area contributed by atoms with Gasteiger partial charge >= 0.3 is 0 Å². The molecule has 2 aromatic carbocycles. The number of thioether (sulfide) groups is 1. The van der Waals surface area contributed by atoms with Crippen molar-refractivity contribution >= 4 is 23.9 Å². The van der Waals surface area contributed by atoms with Crippen molar-refractivity contribution in [3.05, 3.63) is 71.5 Å². The highest BCUT2D eigenvalue weighted by molar-refractivity contribution is 7.98. The zero-order chi connectivity index (χ0) is 19.8. The lowest BCUT2D eigenvalue weighted by atomic mass is 10.1. The highest BCUT2D eigenvalue weighted by atomic mass is 32.2. The minimum atomic E-state index is -0.255. The first-order valence-electron chi connectivity index (χ1n) is 8.77. The molecule has 7 nitrogen and oxygen atoms in total. The molecule has 3 rings (SSSR count). The normalized spacial score (nSPS) is 10.9. The van der Waals surface area contributed by atoms with Gasteiger partial charge in [-0.1, -0.05) is 23.9 Å². The van der Waals surface area contributed by atoms with Gasteiger partial charge in [-0.2, -0.15) is 5.10 Å². The van der Waals surface area contributed by atoms with Crippen molar-refractivity contribution in [1.29, 1.82) is 0 Å². The van der Waals surface area contributed by atoms with E-state index in [0.717, 1.165) is 27.8 Å². The molecule has 8 heteroatoms. The highest BCUT2D eigenvalue weighted by Crippen LogP contribution is 2.20. The summed E-state index contributed by atoms with van der Waals surface area (Å²) in [5, 5.41) is 12.8. The van der Waals surface area contributed by atoms with Gasteiger partial charge in [0.1, 0.15) is 12.1 Å². The number of benzene rings is 2. The Balaban J connectivity index is 1.50. The van der Waals surface area contributed by atoms with Gasteiger partial charge in [0.25, 0.3) is 5.91 Å². The predicted octanol–water partition coefficient (Wildman–Crippen LogP) is 3.27. The van der Waals surface area contributed by atoms with E-state index >= 15 is 0 Å². The lowest BCUT2D eigenvalue weighted by molar-refractivity contribution is 0.0955. The van der Waals surface area contributed by atoms with Gasteiger partial charge in [0.15, 0.2) is 5.16 Å². The number of nitrogens with one attached hydrogen (secondary N) is 1.